The SMILES string of the molecule is Cc1cc(=O)c(C(=O)N2CCC2CNC(=O)c2ccncc2)n[nH]1. The minimum atomic E-state index is -0.411. The third kappa shape index (κ3) is 3.17. The van der Waals surface area contributed by atoms with E-state index in [1.807, 2.05) is 0 Å². The second-order valence-electron chi connectivity index (χ2n) is 5.65. The van der Waals surface area contributed by atoms with Gasteiger partial charge in [0.25, 0.3) is 11.8 Å². The standard InChI is InChI=1S/C16H17N5O3/c1-10-8-13(22)14(20-19-10)16(24)21-7-4-12(21)9-18-15(23)11-2-5-17-6-3-11/h2-3,5-6,8,12H,4,7,9H2,1H3,(H,18,23)(H,19,22). The Morgan fingerprint density at radius 2 is 2.12 bits per heavy atom. The van der Waals surface area contributed by atoms with Gasteiger partial charge < -0.3 is 10.2 Å². The molecule has 3 rings (SSSR count). The summed E-state index contributed by atoms with van der Waals surface area (Å²) in [4.78, 5) is 41.7. The number of likely N-dealkylation sites (tertiary alicyclic amines) is 1. The van der Waals surface area contributed by atoms with Crippen molar-refractivity contribution >= 4 is 11.8 Å². The van der Waals surface area contributed by atoms with Gasteiger partial charge in [-0.3, -0.25) is 24.5 Å². The number of H-pyrrole nitrogens is 1. The zero-order valence-electron chi connectivity index (χ0n) is 13.2. The maximum Gasteiger partial charge on any atom is 0.278 e. The summed E-state index contributed by atoms with van der Waals surface area (Å²) in [7, 11) is 0. The Balaban J connectivity index is 1.61. The molecular weight excluding hydrogens is 310 g/mol. The Morgan fingerprint density at radius 3 is 2.75 bits per heavy atom. The maximum absolute atomic E-state index is 12.4. The first kappa shape index (κ1) is 15.9. The van der Waals surface area contributed by atoms with Crippen LogP contribution in [0.3, 0.4) is 0 Å². The molecule has 8 nitrogen and oxygen atoms in total. The molecule has 1 fully saturated rings. The average molecular weight is 327 g/mol. The van der Waals surface area contributed by atoms with Crippen molar-refractivity contribution in [1.29, 1.82) is 0 Å². The summed E-state index contributed by atoms with van der Waals surface area (Å²) in [5.74, 6) is -0.631. The number of hydrogen-bond acceptors (Lipinski definition) is 5. The lowest BCUT2D eigenvalue weighted by molar-refractivity contribution is 0.0447. The van der Waals surface area contributed by atoms with Crippen molar-refractivity contribution in [2.24, 2.45) is 0 Å². The Morgan fingerprint density at radius 1 is 1.38 bits per heavy atom. The van der Waals surface area contributed by atoms with E-state index in [0.717, 1.165) is 6.42 Å². The number of aryl methyl sites for hydroxylation is 1. The third-order valence-electron chi connectivity index (χ3n) is 3.97. The first-order chi connectivity index (χ1) is 11.6. The fraction of sp³-hybridized carbons (Fsp3) is 0.312. The fourth-order valence-corrected chi connectivity index (χ4v) is 2.52. The summed E-state index contributed by atoms with van der Waals surface area (Å²) in [5, 5.41) is 9.27. The van der Waals surface area contributed by atoms with Crippen molar-refractivity contribution in [2.75, 3.05) is 13.1 Å². The van der Waals surface area contributed by atoms with Gasteiger partial charge in [0, 0.05) is 42.8 Å². The molecule has 0 saturated carbocycles. The Kier molecular flexibility index (Phi) is 4.37. The molecule has 8 heteroatoms. The number of aromatic nitrogens is 3. The van der Waals surface area contributed by atoms with E-state index in [-0.39, 0.29) is 17.6 Å². The molecule has 3 heterocycles. The van der Waals surface area contributed by atoms with Crippen LogP contribution in [0.2, 0.25) is 0 Å². The number of carbonyl (C=O) groups is 2. The van der Waals surface area contributed by atoms with Crippen molar-refractivity contribution in [3.8, 4) is 0 Å². The van der Waals surface area contributed by atoms with Crippen LogP contribution in [0, 0.1) is 6.92 Å². The zero-order valence-corrected chi connectivity index (χ0v) is 13.2. The topological polar surface area (TPSA) is 108 Å². The minimum absolute atomic E-state index is 0.120. The predicted octanol–water partition coefficient (Wildman–Crippen LogP) is 0.118. The van der Waals surface area contributed by atoms with E-state index >= 15 is 0 Å². The molecule has 0 aliphatic carbocycles. The highest BCUT2D eigenvalue weighted by atomic mass is 16.2. The molecule has 1 unspecified atom stereocenters. The maximum atomic E-state index is 12.4. The van der Waals surface area contributed by atoms with Crippen LogP contribution in [0.25, 0.3) is 0 Å². The monoisotopic (exact) mass is 327 g/mol. The Bertz CT molecular complexity index is 818. The van der Waals surface area contributed by atoms with E-state index in [4.69, 9.17) is 0 Å². The van der Waals surface area contributed by atoms with E-state index in [2.05, 4.69) is 20.5 Å². The molecule has 2 N–H and O–H groups in total. The van der Waals surface area contributed by atoms with Crippen LogP contribution >= 0.6 is 0 Å². The number of pyridine rings is 1. The van der Waals surface area contributed by atoms with Gasteiger partial charge in [-0.15, -0.1) is 0 Å². The third-order valence-corrected chi connectivity index (χ3v) is 3.97. The molecule has 2 amide bonds. The summed E-state index contributed by atoms with van der Waals surface area (Å²) < 4.78 is 0. The number of nitrogens with one attached hydrogen (secondary N) is 2. The number of nitrogens with zero attached hydrogens (tertiary/aromatic N) is 3. The number of hydrogen-bond donors (Lipinski definition) is 2. The van der Waals surface area contributed by atoms with Gasteiger partial charge in [-0.05, 0) is 25.5 Å². The van der Waals surface area contributed by atoms with Gasteiger partial charge in [-0.1, -0.05) is 0 Å². The van der Waals surface area contributed by atoms with E-state index in [1.54, 1.807) is 36.4 Å². The fourth-order valence-electron chi connectivity index (χ4n) is 2.52. The number of rotatable bonds is 4. The first-order valence-corrected chi connectivity index (χ1v) is 7.62. The molecule has 0 bridgehead atoms. The molecular formula is C16H17N5O3. The van der Waals surface area contributed by atoms with Gasteiger partial charge in [0.2, 0.25) is 5.43 Å². The summed E-state index contributed by atoms with van der Waals surface area (Å²) in [6, 6.07) is 4.45. The normalized spacial score (nSPS) is 16.4. The van der Waals surface area contributed by atoms with Crippen molar-refractivity contribution in [3.05, 3.63) is 57.8 Å². The van der Waals surface area contributed by atoms with Crippen LogP contribution in [0.1, 0.15) is 33.0 Å². The second kappa shape index (κ2) is 6.61. The van der Waals surface area contributed by atoms with Gasteiger partial charge >= 0.3 is 0 Å². The summed E-state index contributed by atoms with van der Waals surface area (Å²) in [6.07, 6.45) is 3.86. The highest BCUT2D eigenvalue weighted by Gasteiger charge is 2.34. The molecule has 24 heavy (non-hydrogen) atoms. The smallest absolute Gasteiger partial charge is 0.278 e. The van der Waals surface area contributed by atoms with Crippen molar-refractivity contribution in [1.82, 2.24) is 25.4 Å². The Hall–Kier alpha value is -3.03. The quantitative estimate of drug-likeness (QED) is 0.829. The van der Waals surface area contributed by atoms with Crippen LogP contribution in [0.4, 0.5) is 0 Å². The molecule has 124 valence electrons. The molecule has 2 aromatic heterocycles. The molecule has 0 aromatic carbocycles. The number of carbonyl (C=O) groups excluding carboxylic acids is 2. The summed E-state index contributed by atoms with van der Waals surface area (Å²) in [6.45, 7) is 2.57. The molecule has 0 spiro atoms. The highest BCUT2D eigenvalue weighted by Crippen LogP contribution is 2.18. The minimum Gasteiger partial charge on any atom is -0.350 e. The van der Waals surface area contributed by atoms with Crippen LogP contribution in [0.5, 0.6) is 0 Å². The highest BCUT2D eigenvalue weighted by molar-refractivity contribution is 5.94. The largest absolute Gasteiger partial charge is 0.350 e. The molecule has 1 saturated heterocycles. The van der Waals surface area contributed by atoms with Crippen LogP contribution in [-0.4, -0.2) is 51.0 Å². The lowest BCUT2D eigenvalue weighted by atomic mass is 10.0. The molecule has 2 aromatic rings. The van der Waals surface area contributed by atoms with Crippen LogP contribution in [-0.2, 0) is 0 Å². The van der Waals surface area contributed by atoms with Crippen molar-refractivity contribution < 1.29 is 9.59 Å². The molecule has 1 aliphatic heterocycles. The van der Waals surface area contributed by atoms with E-state index in [0.29, 0.717) is 24.3 Å². The van der Waals surface area contributed by atoms with Crippen molar-refractivity contribution in [3.63, 3.8) is 0 Å². The van der Waals surface area contributed by atoms with Crippen LogP contribution < -0.4 is 10.7 Å². The Labute approximate surface area is 137 Å². The van der Waals surface area contributed by atoms with E-state index in [9.17, 15) is 14.4 Å². The summed E-state index contributed by atoms with van der Waals surface area (Å²) in [5.41, 5.74) is 0.591. The second-order valence-corrected chi connectivity index (χ2v) is 5.65. The average Bonchev–Trinajstić information content (AvgIpc) is 2.54. The van der Waals surface area contributed by atoms with Gasteiger partial charge in [-0.2, -0.15) is 5.10 Å². The van der Waals surface area contributed by atoms with Crippen molar-refractivity contribution in [2.45, 2.75) is 19.4 Å². The summed E-state index contributed by atoms with van der Waals surface area (Å²) >= 11 is 0. The number of amides is 2. The van der Waals surface area contributed by atoms with Gasteiger partial charge in [0.05, 0.1) is 6.04 Å². The van der Waals surface area contributed by atoms with Crippen LogP contribution in [0.15, 0.2) is 35.4 Å². The lowest BCUT2D eigenvalue weighted by Gasteiger charge is -2.40. The van der Waals surface area contributed by atoms with E-state index in [1.165, 1.54) is 6.07 Å². The van der Waals surface area contributed by atoms with Gasteiger partial charge in [0.1, 0.15) is 0 Å². The lowest BCUT2D eigenvalue weighted by Crippen LogP contribution is -2.56. The molecule has 1 atom stereocenters. The predicted molar refractivity (Wildman–Crippen MR) is 85.6 cm³/mol. The molecule has 1 aliphatic rings. The van der Waals surface area contributed by atoms with E-state index < -0.39 is 11.3 Å². The first-order valence-electron chi connectivity index (χ1n) is 7.62. The molecule has 0 radical (unpaired) electrons. The number of aromatic amines is 1. The van der Waals surface area contributed by atoms with Gasteiger partial charge in [-0.25, -0.2) is 0 Å². The zero-order chi connectivity index (χ0) is 17.1. The van der Waals surface area contributed by atoms with Gasteiger partial charge in [0.15, 0.2) is 5.69 Å².